The number of benzene rings is 1. The van der Waals surface area contributed by atoms with E-state index in [1.54, 1.807) is 6.07 Å². The zero-order chi connectivity index (χ0) is 19.4. The molecule has 0 amide bonds. The van der Waals surface area contributed by atoms with Gasteiger partial charge < -0.3 is 9.32 Å². The molecule has 1 saturated heterocycles. The van der Waals surface area contributed by atoms with Crippen LogP contribution in [0.2, 0.25) is 0 Å². The van der Waals surface area contributed by atoms with Gasteiger partial charge in [-0.2, -0.15) is 5.26 Å². The number of piperidine rings is 1. The van der Waals surface area contributed by atoms with Crippen molar-refractivity contribution in [3.05, 3.63) is 61.8 Å². The van der Waals surface area contributed by atoms with E-state index in [2.05, 4.69) is 20.8 Å². The minimum atomic E-state index is -0.590. The van der Waals surface area contributed by atoms with E-state index in [1.807, 2.05) is 6.07 Å². The first-order valence-corrected chi connectivity index (χ1v) is 9.24. The fourth-order valence-corrected chi connectivity index (χ4v) is 3.52. The Bertz CT molecular complexity index is 952. The summed E-state index contributed by atoms with van der Waals surface area (Å²) >= 11 is 3.46. The molecule has 8 heteroatoms. The highest BCUT2D eigenvalue weighted by Crippen LogP contribution is 2.33. The Morgan fingerprint density at radius 1 is 1.30 bits per heavy atom. The third-order valence-corrected chi connectivity index (χ3v) is 4.87. The number of halogens is 1. The van der Waals surface area contributed by atoms with Gasteiger partial charge in [-0.25, -0.2) is 0 Å². The molecular weight excluding hydrogens is 414 g/mol. The van der Waals surface area contributed by atoms with Crippen LogP contribution in [0.1, 0.15) is 35.4 Å². The third-order valence-electron chi connectivity index (χ3n) is 4.30. The molecule has 1 aliphatic rings. The number of furan rings is 1. The lowest BCUT2D eigenvalue weighted by Gasteiger charge is -2.26. The molecule has 0 N–H and O–H groups in total. The second kappa shape index (κ2) is 8.18. The number of nitrogens with zero attached hydrogens (tertiary/aromatic N) is 3. The zero-order valence-electron chi connectivity index (χ0n) is 14.4. The molecule has 0 unspecified atom stereocenters. The number of nitriles is 1. The van der Waals surface area contributed by atoms with Crippen LogP contribution in [-0.2, 0) is 0 Å². The summed E-state index contributed by atoms with van der Waals surface area (Å²) in [5.74, 6) is 0.465. The average molecular weight is 430 g/mol. The van der Waals surface area contributed by atoms with Gasteiger partial charge in [0.15, 0.2) is 0 Å². The number of allylic oxidation sites excluding steroid dienone is 1. The van der Waals surface area contributed by atoms with E-state index in [0.29, 0.717) is 11.6 Å². The van der Waals surface area contributed by atoms with Crippen LogP contribution in [0.15, 0.2) is 44.8 Å². The molecule has 1 aliphatic heterocycles. The van der Waals surface area contributed by atoms with E-state index in [0.717, 1.165) is 36.5 Å². The Balaban J connectivity index is 1.88. The number of rotatable bonds is 5. The molecule has 3 rings (SSSR count). The molecule has 1 aromatic heterocycles. The van der Waals surface area contributed by atoms with Crippen molar-refractivity contribution in [2.45, 2.75) is 19.3 Å². The molecule has 2 aromatic rings. The number of carbonyl (C=O) groups is 1. The predicted molar refractivity (Wildman–Crippen MR) is 103 cm³/mol. The number of nitro benzene ring substituents is 1. The minimum Gasteiger partial charge on any atom is -0.440 e. The normalized spacial score (nSPS) is 14.7. The van der Waals surface area contributed by atoms with E-state index >= 15 is 0 Å². The fraction of sp³-hybridized carbons (Fsp3) is 0.263. The van der Waals surface area contributed by atoms with Crippen LogP contribution in [0.5, 0.6) is 0 Å². The minimum absolute atomic E-state index is 0.0823. The summed E-state index contributed by atoms with van der Waals surface area (Å²) in [6.07, 6.45) is 4.73. The van der Waals surface area contributed by atoms with Gasteiger partial charge in [0.2, 0.25) is 11.7 Å². The van der Waals surface area contributed by atoms with Crippen molar-refractivity contribution in [1.29, 1.82) is 5.26 Å². The lowest BCUT2D eigenvalue weighted by atomic mass is 10.0. The van der Waals surface area contributed by atoms with Crippen LogP contribution in [0, 0.1) is 21.4 Å². The van der Waals surface area contributed by atoms with Gasteiger partial charge in [-0.05, 0) is 35.2 Å². The van der Waals surface area contributed by atoms with Gasteiger partial charge >= 0.3 is 0 Å². The van der Waals surface area contributed by atoms with Crippen molar-refractivity contribution in [2.24, 2.45) is 0 Å². The maximum atomic E-state index is 12.6. The highest BCUT2D eigenvalue weighted by Gasteiger charge is 2.20. The molecule has 27 heavy (non-hydrogen) atoms. The van der Waals surface area contributed by atoms with Crippen molar-refractivity contribution >= 4 is 39.4 Å². The SMILES string of the molecule is N#CC(=Cc1cc(Br)c(N2CCCCC2)o1)C(=O)c1cccc([N+](=O)[O-])c1. The number of hydrogen-bond acceptors (Lipinski definition) is 6. The summed E-state index contributed by atoms with van der Waals surface area (Å²) in [5, 5.41) is 20.3. The lowest BCUT2D eigenvalue weighted by molar-refractivity contribution is -0.384. The van der Waals surface area contributed by atoms with Gasteiger partial charge in [-0.1, -0.05) is 12.1 Å². The van der Waals surface area contributed by atoms with Gasteiger partial charge in [0.05, 0.1) is 9.40 Å². The second-order valence-corrected chi connectivity index (χ2v) is 7.01. The second-order valence-electron chi connectivity index (χ2n) is 6.16. The number of ketones is 1. The standard InChI is InChI=1S/C19H16BrN3O4/c20-17-11-16(27-19(17)22-7-2-1-3-8-22)10-14(12-21)18(24)13-5-4-6-15(9-13)23(25)26/h4-6,9-11H,1-3,7-8H2. The Kier molecular flexibility index (Phi) is 5.72. The largest absolute Gasteiger partial charge is 0.440 e. The molecular formula is C19H16BrN3O4. The molecule has 0 bridgehead atoms. The molecule has 7 nitrogen and oxygen atoms in total. The van der Waals surface area contributed by atoms with Crippen LogP contribution in [-0.4, -0.2) is 23.8 Å². The maximum absolute atomic E-state index is 12.6. The summed E-state index contributed by atoms with van der Waals surface area (Å²) in [5.41, 5.74) is -0.271. The average Bonchev–Trinajstić information content (AvgIpc) is 3.06. The number of nitro groups is 1. The van der Waals surface area contributed by atoms with Gasteiger partial charge in [-0.3, -0.25) is 14.9 Å². The number of anilines is 1. The molecule has 0 saturated carbocycles. The third kappa shape index (κ3) is 4.26. The molecule has 2 heterocycles. The Morgan fingerprint density at radius 2 is 2.04 bits per heavy atom. The smallest absolute Gasteiger partial charge is 0.270 e. The lowest BCUT2D eigenvalue weighted by Crippen LogP contribution is -2.29. The molecule has 0 atom stereocenters. The van der Waals surface area contributed by atoms with Crippen molar-refractivity contribution in [3.8, 4) is 6.07 Å². The van der Waals surface area contributed by atoms with Gasteiger partial charge in [-0.15, -0.1) is 0 Å². The van der Waals surface area contributed by atoms with E-state index in [1.165, 1.54) is 30.7 Å². The Labute approximate surface area is 164 Å². The summed E-state index contributed by atoms with van der Waals surface area (Å²) in [6, 6.07) is 8.88. The van der Waals surface area contributed by atoms with Crippen molar-refractivity contribution in [1.82, 2.24) is 0 Å². The molecule has 138 valence electrons. The zero-order valence-corrected chi connectivity index (χ0v) is 15.9. The van der Waals surface area contributed by atoms with Crippen molar-refractivity contribution in [2.75, 3.05) is 18.0 Å². The first-order valence-electron chi connectivity index (χ1n) is 8.45. The Morgan fingerprint density at radius 3 is 2.70 bits per heavy atom. The molecule has 0 radical (unpaired) electrons. The van der Waals surface area contributed by atoms with E-state index in [-0.39, 0.29) is 16.8 Å². The molecule has 1 fully saturated rings. The van der Waals surface area contributed by atoms with Crippen LogP contribution in [0.3, 0.4) is 0 Å². The molecule has 1 aromatic carbocycles. The number of hydrogen-bond donors (Lipinski definition) is 0. The Hall–Kier alpha value is -2.92. The summed E-state index contributed by atoms with van der Waals surface area (Å²) in [7, 11) is 0. The van der Waals surface area contributed by atoms with E-state index in [4.69, 9.17) is 4.42 Å². The quantitative estimate of drug-likeness (QED) is 0.224. The first-order chi connectivity index (χ1) is 13.0. The van der Waals surface area contributed by atoms with E-state index in [9.17, 15) is 20.2 Å². The highest BCUT2D eigenvalue weighted by molar-refractivity contribution is 9.10. The number of non-ortho nitro benzene ring substituents is 1. The molecule has 0 aliphatic carbocycles. The van der Waals surface area contributed by atoms with Gasteiger partial charge in [0, 0.05) is 42.9 Å². The van der Waals surface area contributed by atoms with Crippen LogP contribution in [0.25, 0.3) is 6.08 Å². The van der Waals surface area contributed by atoms with Crippen LogP contribution in [0.4, 0.5) is 11.6 Å². The monoisotopic (exact) mass is 429 g/mol. The first kappa shape index (κ1) is 18.9. The predicted octanol–water partition coefficient (Wildman–Crippen LogP) is 4.73. The highest BCUT2D eigenvalue weighted by atomic mass is 79.9. The summed E-state index contributed by atoms with van der Waals surface area (Å²) in [4.78, 5) is 25.0. The van der Waals surface area contributed by atoms with Gasteiger partial charge in [0.25, 0.3) is 5.69 Å². The summed E-state index contributed by atoms with van der Waals surface area (Å²) in [6.45, 7) is 1.79. The van der Waals surface area contributed by atoms with Crippen LogP contribution >= 0.6 is 15.9 Å². The van der Waals surface area contributed by atoms with Crippen molar-refractivity contribution < 1.29 is 14.1 Å². The van der Waals surface area contributed by atoms with E-state index < -0.39 is 10.7 Å². The number of Topliss-reactive ketones (excluding diaryl/α,β-unsaturated/α-hetero) is 1. The van der Waals surface area contributed by atoms with Crippen molar-refractivity contribution in [3.63, 3.8) is 0 Å². The number of carbonyl (C=O) groups excluding carboxylic acids is 1. The topological polar surface area (TPSA) is 100 Å². The van der Waals surface area contributed by atoms with Crippen LogP contribution < -0.4 is 4.90 Å². The fourth-order valence-electron chi connectivity index (χ4n) is 2.97. The maximum Gasteiger partial charge on any atom is 0.270 e. The molecule has 0 spiro atoms. The summed E-state index contributed by atoms with van der Waals surface area (Å²) < 4.78 is 6.59. The van der Waals surface area contributed by atoms with Gasteiger partial charge in [0.1, 0.15) is 17.4 Å².